The minimum absolute atomic E-state index is 0.00186. The van der Waals surface area contributed by atoms with E-state index in [1.165, 1.54) is 57.8 Å². The molecule has 208 valence electrons. The summed E-state index contributed by atoms with van der Waals surface area (Å²) in [5.74, 6) is 5.24. The Bertz CT molecular complexity index is 887. The Morgan fingerprint density at radius 2 is 1.64 bits per heavy atom. The average Bonchev–Trinajstić information content (AvgIpc) is 3.14. The fraction of sp³-hybridized carbons (Fsp3) is 0.967. The largest absolute Gasteiger partial charge is 0.355 e. The van der Waals surface area contributed by atoms with Gasteiger partial charge in [-0.25, -0.2) is 0 Å². The van der Waals surface area contributed by atoms with Gasteiger partial charge in [0.25, 0.3) is 10.1 Å². The topological polar surface area (TPSA) is 83.5 Å². The first-order valence-electron chi connectivity index (χ1n) is 15.1. The SMILES string of the molecule is CC(C)CCCC(C)C1CCC2C3CCC4CC(C(=O)NCCS(=O)(=O)O)CCC4(C)C3CCC12C. The van der Waals surface area contributed by atoms with Crippen molar-refractivity contribution in [2.45, 2.75) is 112 Å². The van der Waals surface area contributed by atoms with Gasteiger partial charge in [0.15, 0.2) is 0 Å². The standard InChI is InChI=1S/C30H53NO4S/c1-20(2)7-6-8-21(3)25-11-12-26-24-10-9-23-19-22(28(32)31-17-18-36(33,34)35)13-15-29(23,4)27(24)14-16-30(25,26)5/h20-27H,6-19H2,1-5H3,(H,31,32)(H,33,34,35). The quantitative estimate of drug-likeness (QED) is 0.328. The van der Waals surface area contributed by atoms with Crippen LogP contribution in [0.15, 0.2) is 0 Å². The van der Waals surface area contributed by atoms with Crippen molar-refractivity contribution in [1.82, 2.24) is 5.32 Å². The van der Waals surface area contributed by atoms with Gasteiger partial charge in [0, 0.05) is 12.5 Å². The molecule has 0 radical (unpaired) electrons. The van der Waals surface area contributed by atoms with Crippen LogP contribution in [0.3, 0.4) is 0 Å². The number of nitrogens with one attached hydrogen (secondary N) is 1. The molecule has 4 aliphatic carbocycles. The van der Waals surface area contributed by atoms with Crippen LogP contribution in [0.25, 0.3) is 0 Å². The average molecular weight is 524 g/mol. The van der Waals surface area contributed by atoms with Crippen LogP contribution in [0.2, 0.25) is 0 Å². The Labute approximate surface area is 221 Å². The summed E-state index contributed by atoms with van der Waals surface area (Å²) in [4.78, 5) is 12.8. The van der Waals surface area contributed by atoms with Crippen LogP contribution < -0.4 is 5.32 Å². The molecule has 0 aliphatic heterocycles. The minimum atomic E-state index is -4.04. The summed E-state index contributed by atoms with van der Waals surface area (Å²) in [6.07, 6.45) is 15.3. The number of rotatable bonds is 9. The zero-order chi connectivity index (χ0) is 26.3. The summed E-state index contributed by atoms with van der Waals surface area (Å²) in [5.41, 5.74) is 0.863. The summed E-state index contributed by atoms with van der Waals surface area (Å²) in [7, 11) is -4.04. The highest BCUT2D eigenvalue weighted by Gasteiger charge is 2.60. The van der Waals surface area contributed by atoms with Gasteiger partial charge in [0.05, 0.1) is 5.75 Å². The van der Waals surface area contributed by atoms with E-state index in [9.17, 15) is 13.2 Å². The van der Waals surface area contributed by atoms with Gasteiger partial charge in [-0.15, -0.1) is 0 Å². The van der Waals surface area contributed by atoms with Gasteiger partial charge < -0.3 is 5.32 Å². The lowest BCUT2D eigenvalue weighted by Gasteiger charge is -2.61. The van der Waals surface area contributed by atoms with Crippen molar-refractivity contribution in [3.8, 4) is 0 Å². The third-order valence-electron chi connectivity index (χ3n) is 11.9. The molecule has 0 saturated heterocycles. The zero-order valence-electron chi connectivity index (χ0n) is 23.6. The van der Waals surface area contributed by atoms with Crippen LogP contribution >= 0.6 is 0 Å². The predicted molar refractivity (Wildman–Crippen MR) is 146 cm³/mol. The van der Waals surface area contributed by atoms with Crippen molar-refractivity contribution < 1.29 is 17.8 Å². The van der Waals surface area contributed by atoms with E-state index in [4.69, 9.17) is 4.55 Å². The smallest absolute Gasteiger partial charge is 0.266 e. The zero-order valence-corrected chi connectivity index (χ0v) is 24.4. The molecule has 4 rings (SSSR count). The second kappa shape index (κ2) is 10.9. The van der Waals surface area contributed by atoms with E-state index < -0.39 is 15.9 Å². The fourth-order valence-electron chi connectivity index (χ4n) is 9.97. The van der Waals surface area contributed by atoms with E-state index in [2.05, 4.69) is 39.9 Å². The molecule has 0 aromatic carbocycles. The van der Waals surface area contributed by atoms with Crippen molar-refractivity contribution in [3.05, 3.63) is 0 Å². The number of amides is 1. The fourth-order valence-corrected chi connectivity index (χ4v) is 10.3. The van der Waals surface area contributed by atoms with Gasteiger partial charge in [-0.3, -0.25) is 9.35 Å². The molecular weight excluding hydrogens is 470 g/mol. The van der Waals surface area contributed by atoms with Crippen LogP contribution in [-0.4, -0.2) is 31.2 Å². The number of carbonyl (C=O) groups is 1. The molecular formula is C30H53NO4S. The van der Waals surface area contributed by atoms with E-state index in [1.54, 1.807) is 0 Å². The van der Waals surface area contributed by atoms with Crippen molar-refractivity contribution in [2.24, 2.45) is 58.2 Å². The molecule has 4 aliphatic rings. The molecule has 0 aromatic rings. The van der Waals surface area contributed by atoms with Crippen molar-refractivity contribution >= 4 is 16.0 Å². The third kappa shape index (κ3) is 5.70. The molecule has 0 heterocycles. The molecule has 9 unspecified atom stereocenters. The van der Waals surface area contributed by atoms with E-state index in [0.29, 0.717) is 16.7 Å². The van der Waals surface area contributed by atoms with Crippen molar-refractivity contribution in [2.75, 3.05) is 12.3 Å². The second-order valence-corrected chi connectivity index (χ2v) is 15.8. The van der Waals surface area contributed by atoms with Crippen LogP contribution in [0, 0.1) is 58.2 Å². The molecule has 0 bridgehead atoms. The molecule has 4 fully saturated rings. The summed E-state index contributed by atoms with van der Waals surface area (Å²) < 4.78 is 30.9. The molecule has 0 spiro atoms. The highest BCUT2D eigenvalue weighted by Crippen LogP contribution is 2.68. The van der Waals surface area contributed by atoms with E-state index in [-0.39, 0.29) is 18.4 Å². The minimum Gasteiger partial charge on any atom is -0.355 e. The molecule has 36 heavy (non-hydrogen) atoms. The highest BCUT2D eigenvalue weighted by atomic mass is 32.2. The number of carbonyl (C=O) groups excluding carboxylic acids is 1. The van der Waals surface area contributed by atoms with Crippen LogP contribution in [0.1, 0.15) is 112 Å². The summed E-state index contributed by atoms with van der Waals surface area (Å²) in [6, 6.07) is 0. The van der Waals surface area contributed by atoms with Gasteiger partial charge in [-0.05, 0) is 110 Å². The normalized spacial score (nSPS) is 41.3. The molecule has 4 saturated carbocycles. The van der Waals surface area contributed by atoms with E-state index >= 15 is 0 Å². The van der Waals surface area contributed by atoms with Crippen LogP contribution in [0.5, 0.6) is 0 Å². The number of fused-ring (bicyclic) bond motifs is 5. The maximum absolute atomic E-state index is 12.8. The Balaban J connectivity index is 1.37. The monoisotopic (exact) mass is 523 g/mol. The molecule has 1 amide bonds. The molecule has 9 atom stereocenters. The second-order valence-electron chi connectivity index (χ2n) is 14.2. The lowest BCUT2D eigenvalue weighted by atomic mass is 9.44. The molecule has 6 heteroatoms. The number of hydrogen-bond donors (Lipinski definition) is 2. The Kier molecular flexibility index (Phi) is 8.57. The van der Waals surface area contributed by atoms with Gasteiger partial charge in [-0.1, -0.05) is 53.9 Å². The number of hydrogen-bond acceptors (Lipinski definition) is 3. The van der Waals surface area contributed by atoms with Gasteiger partial charge >= 0.3 is 0 Å². The van der Waals surface area contributed by atoms with Crippen molar-refractivity contribution in [3.63, 3.8) is 0 Å². The molecule has 2 N–H and O–H groups in total. The van der Waals surface area contributed by atoms with Gasteiger partial charge in [0.2, 0.25) is 5.91 Å². The summed E-state index contributed by atoms with van der Waals surface area (Å²) >= 11 is 0. The first-order valence-corrected chi connectivity index (χ1v) is 16.7. The predicted octanol–water partition coefficient (Wildman–Crippen LogP) is 6.73. The summed E-state index contributed by atoms with van der Waals surface area (Å²) in [6.45, 7) is 12.4. The van der Waals surface area contributed by atoms with Crippen LogP contribution in [-0.2, 0) is 14.9 Å². The Morgan fingerprint density at radius 3 is 2.33 bits per heavy atom. The highest BCUT2D eigenvalue weighted by molar-refractivity contribution is 7.85. The maximum atomic E-state index is 12.8. The third-order valence-corrected chi connectivity index (χ3v) is 12.6. The first-order chi connectivity index (χ1) is 16.8. The lowest BCUT2D eigenvalue weighted by Crippen LogP contribution is -2.54. The van der Waals surface area contributed by atoms with E-state index in [0.717, 1.165) is 54.8 Å². The van der Waals surface area contributed by atoms with Gasteiger partial charge in [-0.2, -0.15) is 8.42 Å². The molecule has 5 nitrogen and oxygen atoms in total. The van der Waals surface area contributed by atoms with Crippen molar-refractivity contribution in [1.29, 1.82) is 0 Å². The van der Waals surface area contributed by atoms with E-state index in [1.807, 2.05) is 0 Å². The Hall–Kier alpha value is -0.620. The lowest BCUT2D eigenvalue weighted by molar-refractivity contribution is -0.138. The molecule has 0 aromatic heterocycles. The first kappa shape index (κ1) is 28.4. The van der Waals surface area contributed by atoms with Crippen LogP contribution in [0.4, 0.5) is 0 Å². The Morgan fingerprint density at radius 1 is 0.944 bits per heavy atom. The maximum Gasteiger partial charge on any atom is 0.266 e. The van der Waals surface area contributed by atoms with Gasteiger partial charge in [0.1, 0.15) is 0 Å². The summed E-state index contributed by atoms with van der Waals surface area (Å²) in [5, 5.41) is 2.77.